The van der Waals surface area contributed by atoms with E-state index < -0.39 is 0 Å². The van der Waals surface area contributed by atoms with Crippen LogP contribution in [-0.4, -0.2) is 49.0 Å². The highest BCUT2D eigenvalue weighted by Crippen LogP contribution is 2.25. The number of carbonyl (C=O) groups is 1. The van der Waals surface area contributed by atoms with E-state index in [1.165, 1.54) is 0 Å². The van der Waals surface area contributed by atoms with Crippen LogP contribution >= 0.6 is 0 Å². The molecule has 1 amide bonds. The summed E-state index contributed by atoms with van der Waals surface area (Å²) in [7, 11) is 1.81. The average molecular weight is 452 g/mol. The number of rotatable bonds is 6. The highest BCUT2D eigenvalue weighted by atomic mass is 16.2. The van der Waals surface area contributed by atoms with E-state index in [4.69, 9.17) is 0 Å². The second-order valence-electron chi connectivity index (χ2n) is 8.45. The van der Waals surface area contributed by atoms with Gasteiger partial charge in [-0.3, -0.25) is 9.89 Å². The summed E-state index contributed by atoms with van der Waals surface area (Å²) in [6, 6.07) is 17.8. The van der Waals surface area contributed by atoms with E-state index in [-0.39, 0.29) is 11.9 Å². The molecule has 170 valence electrons. The zero-order valence-electron chi connectivity index (χ0n) is 19.2. The summed E-state index contributed by atoms with van der Waals surface area (Å²) in [5.74, 6) is 1.26. The Morgan fingerprint density at radius 1 is 1.00 bits per heavy atom. The molecule has 0 bridgehead atoms. The molecular weight excluding hydrogens is 426 g/mol. The Bertz CT molecular complexity index is 1440. The van der Waals surface area contributed by atoms with Gasteiger partial charge in [0.1, 0.15) is 11.5 Å². The van der Waals surface area contributed by atoms with Crippen molar-refractivity contribution in [2.24, 2.45) is 0 Å². The lowest BCUT2D eigenvalue weighted by Gasteiger charge is -2.20. The van der Waals surface area contributed by atoms with Crippen LogP contribution < -0.4 is 5.32 Å². The van der Waals surface area contributed by atoms with E-state index in [0.29, 0.717) is 17.3 Å². The summed E-state index contributed by atoms with van der Waals surface area (Å²) >= 11 is 0. The largest absolute Gasteiger partial charge is 0.351 e. The standard InChI is InChI=1S/C26H25N7O/c1-16(2)33(3)26(34)23-12-18-4-5-19(13-22(18)31-23)25-27-11-10-24(32-25)30-21-8-6-17(7-9-21)20-14-28-29-15-20/h4-16,31H,1-3H3,(H,28,29)(H,27,30,32). The topological polar surface area (TPSA) is 103 Å². The molecule has 0 radical (unpaired) electrons. The summed E-state index contributed by atoms with van der Waals surface area (Å²) < 4.78 is 0. The summed E-state index contributed by atoms with van der Waals surface area (Å²) in [5.41, 5.74) is 5.35. The number of aromatic amines is 2. The van der Waals surface area contributed by atoms with E-state index in [1.54, 1.807) is 24.3 Å². The number of aromatic nitrogens is 5. The molecule has 0 saturated heterocycles. The molecule has 5 rings (SSSR count). The van der Waals surface area contributed by atoms with Gasteiger partial charge in [0, 0.05) is 53.2 Å². The fraction of sp³-hybridized carbons (Fsp3) is 0.154. The average Bonchev–Trinajstić information content (AvgIpc) is 3.53. The number of nitrogens with one attached hydrogen (secondary N) is 3. The molecule has 0 spiro atoms. The minimum absolute atomic E-state index is 0.0333. The van der Waals surface area contributed by atoms with Gasteiger partial charge in [-0.15, -0.1) is 0 Å². The van der Waals surface area contributed by atoms with E-state index in [1.807, 2.05) is 74.6 Å². The second kappa shape index (κ2) is 8.82. The number of anilines is 2. The molecule has 2 aromatic carbocycles. The predicted molar refractivity (Wildman–Crippen MR) is 134 cm³/mol. The first-order chi connectivity index (χ1) is 16.5. The second-order valence-corrected chi connectivity index (χ2v) is 8.45. The van der Waals surface area contributed by atoms with Gasteiger partial charge >= 0.3 is 0 Å². The third-order valence-electron chi connectivity index (χ3n) is 5.85. The number of nitrogens with zero attached hydrogens (tertiary/aromatic N) is 4. The fourth-order valence-corrected chi connectivity index (χ4v) is 3.68. The lowest BCUT2D eigenvalue weighted by Crippen LogP contribution is -2.33. The molecular formula is C26H25N7O. The van der Waals surface area contributed by atoms with Crippen LogP contribution in [0.5, 0.6) is 0 Å². The lowest BCUT2D eigenvalue weighted by molar-refractivity contribution is 0.0750. The molecule has 3 aromatic heterocycles. The Hall–Kier alpha value is -4.46. The number of H-pyrrole nitrogens is 2. The van der Waals surface area contributed by atoms with Gasteiger partial charge in [-0.2, -0.15) is 5.10 Å². The SMILES string of the molecule is CC(C)N(C)C(=O)c1cc2ccc(-c3nccc(Nc4ccc(-c5cn[nH]c5)cc4)n3)cc2[nH]1. The van der Waals surface area contributed by atoms with Crippen LogP contribution in [0.25, 0.3) is 33.4 Å². The smallest absolute Gasteiger partial charge is 0.270 e. The van der Waals surface area contributed by atoms with Crippen LogP contribution in [0.2, 0.25) is 0 Å². The third-order valence-corrected chi connectivity index (χ3v) is 5.85. The summed E-state index contributed by atoms with van der Waals surface area (Å²) in [6.45, 7) is 3.98. The first-order valence-corrected chi connectivity index (χ1v) is 11.1. The summed E-state index contributed by atoms with van der Waals surface area (Å²) in [5, 5.41) is 11.1. The van der Waals surface area contributed by atoms with Crippen molar-refractivity contribution in [3.63, 3.8) is 0 Å². The predicted octanol–water partition coefficient (Wildman–Crippen LogP) is 5.24. The Balaban J connectivity index is 1.37. The van der Waals surface area contributed by atoms with Gasteiger partial charge in [0.05, 0.1) is 6.20 Å². The van der Waals surface area contributed by atoms with Crippen LogP contribution in [0.1, 0.15) is 24.3 Å². The van der Waals surface area contributed by atoms with Crippen molar-refractivity contribution >= 4 is 28.3 Å². The van der Waals surface area contributed by atoms with Crippen molar-refractivity contribution in [3.8, 4) is 22.5 Å². The van der Waals surface area contributed by atoms with Gasteiger partial charge in [0.25, 0.3) is 5.91 Å². The van der Waals surface area contributed by atoms with Crippen LogP contribution in [0, 0.1) is 0 Å². The van der Waals surface area contributed by atoms with Crippen molar-refractivity contribution in [2.45, 2.75) is 19.9 Å². The molecule has 0 saturated carbocycles. The molecule has 0 atom stereocenters. The van der Waals surface area contributed by atoms with Crippen LogP contribution in [0.4, 0.5) is 11.5 Å². The van der Waals surface area contributed by atoms with Gasteiger partial charge in [0.15, 0.2) is 5.82 Å². The van der Waals surface area contributed by atoms with E-state index in [2.05, 4.69) is 30.5 Å². The van der Waals surface area contributed by atoms with Crippen molar-refractivity contribution < 1.29 is 4.79 Å². The van der Waals surface area contributed by atoms with Gasteiger partial charge in [-0.1, -0.05) is 24.3 Å². The van der Waals surface area contributed by atoms with Crippen molar-refractivity contribution in [1.29, 1.82) is 0 Å². The molecule has 0 aliphatic carbocycles. The number of amides is 1. The van der Waals surface area contributed by atoms with E-state index >= 15 is 0 Å². The monoisotopic (exact) mass is 451 g/mol. The molecule has 0 fully saturated rings. The van der Waals surface area contributed by atoms with Crippen molar-refractivity contribution in [2.75, 3.05) is 12.4 Å². The molecule has 5 aromatic rings. The van der Waals surface area contributed by atoms with Gasteiger partial charge in [0.2, 0.25) is 0 Å². The van der Waals surface area contributed by atoms with Crippen LogP contribution in [0.15, 0.2) is 73.2 Å². The molecule has 0 aliphatic heterocycles. The zero-order valence-corrected chi connectivity index (χ0v) is 19.2. The first kappa shape index (κ1) is 21.4. The summed E-state index contributed by atoms with van der Waals surface area (Å²) in [4.78, 5) is 26.8. The zero-order chi connectivity index (χ0) is 23.7. The number of hydrogen-bond acceptors (Lipinski definition) is 5. The van der Waals surface area contributed by atoms with Crippen molar-refractivity contribution in [1.82, 2.24) is 30.0 Å². The molecule has 8 heteroatoms. The first-order valence-electron chi connectivity index (χ1n) is 11.1. The lowest BCUT2D eigenvalue weighted by atomic mass is 10.1. The Kier molecular flexibility index (Phi) is 5.55. The number of carbonyl (C=O) groups excluding carboxylic acids is 1. The molecule has 3 heterocycles. The molecule has 8 nitrogen and oxygen atoms in total. The minimum Gasteiger partial charge on any atom is -0.351 e. The maximum absolute atomic E-state index is 12.7. The molecule has 0 unspecified atom stereocenters. The number of benzene rings is 2. The Morgan fingerprint density at radius 3 is 2.53 bits per heavy atom. The minimum atomic E-state index is -0.0333. The van der Waals surface area contributed by atoms with Gasteiger partial charge in [-0.25, -0.2) is 9.97 Å². The summed E-state index contributed by atoms with van der Waals surface area (Å²) in [6.07, 6.45) is 5.39. The maximum Gasteiger partial charge on any atom is 0.270 e. The highest BCUT2D eigenvalue weighted by Gasteiger charge is 2.17. The van der Waals surface area contributed by atoms with E-state index in [0.717, 1.165) is 33.3 Å². The highest BCUT2D eigenvalue weighted by molar-refractivity contribution is 5.98. The quantitative estimate of drug-likeness (QED) is 0.328. The normalized spacial score (nSPS) is 11.2. The number of hydrogen-bond donors (Lipinski definition) is 3. The fourth-order valence-electron chi connectivity index (χ4n) is 3.68. The molecule has 0 aliphatic rings. The van der Waals surface area contributed by atoms with Crippen LogP contribution in [0.3, 0.4) is 0 Å². The van der Waals surface area contributed by atoms with E-state index in [9.17, 15) is 4.79 Å². The Labute approximate surface area is 197 Å². The number of fused-ring (bicyclic) bond motifs is 1. The molecule has 3 N–H and O–H groups in total. The maximum atomic E-state index is 12.7. The van der Waals surface area contributed by atoms with Crippen LogP contribution in [-0.2, 0) is 0 Å². The molecule has 34 heavy (non-hydrogen) atoms. The van der Waals surface area contributed by atoms with Gasteiger partial charge in [-0.05, 0) is 49.7 Å². The van der Waals surface area contributed by atoms with Crippen molar-refractivity contribution in [3.05, 3.63) is 78.9 Å². The third kappa shape index (κ3) is 4.25. The Morgan fingerprint density at radius 2 is 1.79 bits per heavy atom. The van der Waals surface area contributed by atoms with Gasteiger partial charge < -0.3 is 15.2 Å².